The SMILES string of the molecule is CC/C=C\C/C=C\C/C=C\C/C=C\C/C=C\CCCCCCCCCCCCCCCCCCCCCCCC(=O)NC(COP(=O)([O-])OCC[N+](C)(C)C)C(O)/C=C/CC/C=C/CCCCCCCCCCCCCCCCCCCCC. The summed E-state index contributed by atoms with van der Waals surface area (Å²) in [6.07, 6.45) is 92.9. The molecular weight excluding hydrogens is 1060 g/mol. The summed E-state index contributed by atoms with van der Waals surface area (Å²) in [5.74, 6) is -0.203. The van der Waals surface area contributed by atoms with Crippen LogP contribution < -0.4 is 10.2 Å². The summed E-state index contributed by atoms with van der Waals surface area (Å²) in [7, 11) is 1.25. The van der Waals surface area contributed by atoms with Gasteiger partial charge in [0.15, 0.2) is 0 Å². The monoisotopic (exact) mass is 1200 g/mol. The van der Waals surface area contributed by atoms with Crippen LogP contribution >= 0.6 is 7.82 Å². The second-order valence-electron chi connectivity index (χ2n) is 25.6. The smallest absolute Gasteiger partial charge is 0.268 e. The number of aliphatic hydroxyl groups is 1. The van der Waals surface area contributed by atoms with E-state index in [0.717, 1.165) is 70.6 Å². The van der Waals surface area contributed by atoms with Crippen LogP contribution in [0.2, 0.25) is 0 Å². The number of quaternary nitrogens is 1. The minimum Gasteiger partial charge on any atom is -0.756 e. The van der Waals surface area contributed by atoms with E-state index in [0.29, 0.717) is 17.4 Å². The first-order chi connectivity index (χ1) is 41.0. The number of nitrogens with one attached hydrogen (secondary N) is 1. The highest BCUT2D eigenvalue weighted by Gasteiger charge is 2.23. The number of hydrogen-bond donors (Lipinski definition) is 2. The van der Waals surface area contributed by atoms with E-state index in [-0.39, 0.29) is 12.5 Å². The van der Waals surface area contributed by atoms with Crippen molar-refractivity contribution in [2.75, 3.05) is 40.9 Å². The van der Waals surface area contributed by atoms with Gasteiger partial charge in [-0.3, -0.25) is 9.36 Å². The molecule has 0 aromatic rings. The van der Waals surface area contributed by atoms with E-state index in [1.54, 1.807) is 6.08 Å². The summed E-state index contributed by atoms with van der Waals surface area (Å²) < 4.78 is 23.4. The van der Waals surface area contributed by atoms with Crippen LogP contribution in [0.25, 0.3) is 0 Å². The van der Waals surface area contributed by atoms with Crippen LogP contribution in [0.5, 0.6) is 0 Å². The standard InChI is InChI=1S/C75H139N2O6P/c1-6-8-10-12-14-16-18-20-22-24-26-28-30-32-33-34-35-36-37-38-39-40-41-42-43-45-47-49-51-53-55-57-59-61-63-65-67-69-75(79)76-73(72-83-84(80,81)82-71-70-77(3,4)5)74(78)68-66-64-62-60-58-56-54-52-50-48-46-44-31-29-27-25-23-21-19-17-15-13-11-9-7-2/h8,10,14,16,20,22,26,28,32-33,58,60,66,68,73-74,78H,6-7,9,11-13,15,17-19,21,23-25,27,29-31,34-57,59,61-65,67,69-72H2,1-5H3,(H-,76,79,80,81)/b10-8-,16-14-,22-20-,28-26-,33-32-,60-58+,68-66+. The second-order valence-corrected chi connectivity index (χ2v) is 27.0. The Morgan fingerprint density at radius 2 is 0.738 bits per heavy atom. The van der Waals surface area contributed by atoms with Crippen LogP contribution in [0.4, 0.5) is 0 Å². The van der Waals surface area contributed by atoms with Crippen LogP contribution in [0.1, 0.15) is 335 Å². The molecule has 9 heteroatoms. The zero-order chi connectivity index (χ0) is 61.2. The Balaban J connectivity index is 4.03. The number of phosphoric ester groups is 1. The molecule has 2 N–H and O–H groups in total. The summed E-state index contributed by atoms with van der Waals surface area (Å²) in [4.78, 5) is 25.6. The van der Waals surface area contributed by atoms with E-state index >= 15 is 0 Å². The number of carbonyl (C=O) groups excluding carboxylic acids is 1. The number of phosphoric acid groups is 1. The average Bonchev–Trinajstić information content (AvgIpc) is 3.56. The second kappa shape index (κ2) is 65.1. The molecule has 0 spiro atoms. The molecule has 0 heterocycles. The molecule has 490 valence electrons. The topological polar surface area (TPSA) is 108 Å². The van der Waals surface area contributed by atoms with Crippen molar-refractivity contribution in [2.24, 2.45) is 0 Å². The fourth-order valence-corrected chi connectivity index (χ4v) is 11.3. The number of amides is 1. The van der Waals surface area contributed by atoms with E-state index in [1.807, 2.05) is 27.2 Å². The Kier molecular flexibility index (Phi) is 63.3. The van der Waals surface area contributed by atoms with Gasteiger partial charge >= 0.3 is 0 Å². The first kappa shape index (κ1) is 81.7. The summed E-state index contributed by atoms with van der Waals surface area (Å²) in [5, 5.41) is 13.9. The number of carbonyl (C=O) groups is 1. The third-order valence-electron chi connectivity index (χ3n) is 16.1. The Morgan fingerprint density at radius 3 is 1.11 bits per heavy atom. The highest BCUT2D eigenvalue weighted by molar-refractivity contribution is 7.45. The van der Waals surface area contributed by atoms with E-state index in [9.17, 15) is 19.4 Å². The lowest BCUT2D eigenvalue weighted by molar-refractivity contribution is -0.870. The molecule has 0 aromatic heterocycles. The Labute approximate surface area is 522 Å². The van der Waals surface area contributed by atoms with Crippen LogP contribution in [0, 0.1) is 0 Å². The summed E-state index contributed by atoms with van der Waals surface area (Å²) in [5.41, 5.74) is 0. The largest absolute Gasteiger partial charge is 0.756 e. The van der Waals surface area contributed by atoms with E-state index < -0.39 is 26.6 Å². The maximum atomic E-state index is 13.0. The van der Waals surface area contributed by atoms with Gasteiger partial charge in [0.05, 0.1) is 39.9 Å². The summed E-state index contributed by atoms with van der Waals surface area (Å²) in [6, 6.07) is -0.907. The Hall–Kier alpha value is -2.32. The van der Waals surface area contributed by atoms with Gasteiger partial charge in [0, 0.05) is 6.42 Å². The molecule has 0 aliphatic heterocycles. The number of rotatable bonds is 66. The predicted octanol–water partition coefficient (Wildman–Crippen LogP) is 22.5. The number of aliphatic hydroxyl groups excluding tert-OH is 1. The van der Waals surface area contributed by atoms with E-state index in [2.05, 4.69) is 92.1 Å². The van der Waals surface area contributed by atoms with Crippen LogP contribution in [-0.4, -0.2) is 68.5 Å². The number of nitrogens with zero attached hydrogens (tertiary/aromatic N) is 1. The van der Waals surface area contributed by atoms with Crippen molar-refractivity contribution in [2.45, 2.75) is 347 Å². The van der Waals surface area contributed by atoms with Gasteiger partial charge in [0.2, 0.25) is 5.91 Å². The molecule has 0 aliphatic carbocycles. The third kappa shape index (κ3) is 67.2. The Bertz CT molecular complexity index is 1650. The Morgan fingerprint density at radius 1 is 0.429 bits per heavy atom. The average molecular weight is 1200 g/mol. The molecule has 0 radical (unpaired) electrons. The molecular formula is C75H139N2O6P. The van der Waals surface area contributed by atoms with Crippen LogP contribution in [0.3, 0.4) is 0 Å². The molecule has 3 atom stereocenters. The molecule has 0 fully saturated rings. The molecule has 84 heavy (non-hydrogen) atoms. The van der Waals surface area contributed by atoms with Gasteiger partial charge < -0.3 is 28.8 Å². The number of unbranched alkanes of at least 4 members (excludes halogenated alkanes) is 41. The maximum Gasteiger partial charge on any atom is 0.268 e. The van der Waals surface area contributed by atoms with Crippen LogP contribution in [0.15, 0.2) is 85.1 Å². The molecule has 0 saturated heterocycles. The zero-order valence-electron chi connectivity index (χ0n) is 56.1. The first-order valence-corrected chi connectivity index (χ1v) is 37.4. The fourth-order valence-electron chi connectivity index (χ4n) is 10.6. The predicted molar refractivity (Wildman–Crippen MR) is 367 cm³/mol. The van der Waals surface area contributed by atoms with Crippen molar-refractivity contribution in [3.63, 3.8) is 0 Å². The van der Waals surface area contributed by atoms with Crippen molar-refractivity contribution in [1.29, 1.82) is 0 Å². The molecule has 0 bridgehead atoms. The lowest BCUT2D eigenvalue weighted by Gasteiger charge is -2.29. The van der Waals surface area contributed by atoms with Crippen molar-refractivity contribution in [3.8, 4) is 0 Å². The van der Waals surface area contributed by atoms with Crippen LogP contribution in [-0.2, 0) is 18.4 Å². The van der Waals surface area contributed by atoms with Gasteiger partial charge in [0.1, 0.15) is 13.2 Å². The van der Waals surface area contributed by atoms with Gasteiger partial charge in [-0.1, -0.05) is 336 Å². The maximum absolute atomic E-state index is 13.0. The highest BCUT2D eigenvalue weighted by Crippen LogP contribution is 2.38. The summed E-state index contributed by atoms with van der Waals surface area (Å²) in [6.45, 7) is 4.56. The molecule has 8 nitrogen and oxygen atoms in total. The lowest BCUT2D eigenvalue weighted by Crippen LogP contribution is -2.45. The molecule has 0 saturated carbocycles. The normalized spacial score (nSPS) is 14.1. The van der Waals surface area contributed by atoms with Gasteiger partial charge in [-0.05, 0) is 77.0 Å². The molecule has 0 aromatic carbocycles. The van der Waals surface area contributed by atoms with Crippen molar-refractivity contribution >= 4 is 13.7 Å². The van der Waals surface area contributed by atoms with E-state index in [4.69, 9.17) is 9.05 Å². The van der Waals surface area contributed by atoms with Gasteiger partial charge in [-0.25, -0.2) is 0 Å². The lowest BCUT2D eigenvalue weighted by atomic mass is 10.0. The molecule has 0 aliphatic rings. The number of allylic oxidation sites excluding steroid dienone is 13. The third-order valence-corrected chi connectivity index (χ3v) is 17.1. The summed E-state index contributed by atoms with van der Waals surface area (Å²) >= 11 is 0. The first-order valence-electron chi connectivity index (χ1n) is 35.9. The van der Waals surface area contributed by atoms with Crippen molar-refractivity contribution < 1.29 is 32.9 Å². The minimum absolute atomic E-state index is 0.00686. The van der Waals surface area contributed by atoms with Gasteiger partial charge in [-0.2, -0.15) is 0 Å². The fraction of sp³-hybridized carbons (Fsp3) is 0.800. The zero-order valence-corrected chi connectivity index (χ0v) is 57.0. The number of hydrogen-bond acceptors (Lipinski definition) is 6. The molecule has 1 amide bonds. The molecule has 0 rings (SSSR count). The highest BCUT2D eigenvalue weighted by atomic mass is 31.2. The van der Waals surface area contributed by atoms with Gasteiger partial charge in [0.25, 0.3) is 7.82 Å². The van der Waals surface area contributed by atoms with E-state index in [1.165, 1.54) is 244 Å². The van der Waals surface area contributed by atoms with Gasteiger partial charge in [-0.15, -0.1) is 0 Å². The number of likely N-dealkylation sites (N-methyl/N-ethyl adjacent to an activating group) is 1. The molecule has 3 unspecified atom stereocenters. The minimum atomic E-state index is -4.61. The van der Waals surface area contributed by atoms with Crippen molar-refractivity contribution in [3.05, 3.63) is 85.1 Å². The quantitative estimate of drug-likeness (QED) is 0.0272. The van der Waals surface area contributed by atoms with Crippen molar-refractivity contribution in [1.82, 2.24) is 5.32 Å².